The van der Waals surface area contributed by atoms with Gasteiger partial charge in [-0.1, -0.05) is 42.5 Å². The number of rotatable bonds is 4. The minimum Gasteiger partial charge on any atom is -0.449 e. The first kappa shape index (κ1) is 20.4. The molecule has 4 aromatic carbocycles. The first-order valence-electron chi connectivity index (χ1n) is 10.1. The lowest BCUT2D eigenvalue weighted by molar-refractivity contribution is 0.0999. The Morgan fingerprint density at radius 2 is 1.45 bits per heavy atom. The highest BCUT2D eigenvalue weighted by Gasteiger charge is 2.23. The van der Waals surface area contributed by atoms with Crippen LogP contribution in [0.15, 0.2) is 89.3 Å². The fourth-order valence-corrected chi connectivity index (χ4v) is 3.61. The van der Waals surface area contributed by atoms with Crippen molar-refractivity contribution in [3.05, 3.63) is 108 Å². The molecular formula is C26H16F2N2O3. The van der Waals surface area contributed by atoms with E-state index in [1.54, 1.807) is 36.4 Å². The van der Waals surface area contributed by atoms with Crippen LogP contribution < -0.4 is 10.6 Å². The predicted octanol–water partition coefficient (Wildman–Crippen LogP) is 6.37. The lowest BCUT2D eigenvalue weighted by atomic mass is 10.1. The van der Waals surface area contributed by atoms with Crippen LogP contribution in [0.4, 0.5) is 20.2 Å². The van der Waals surface area contributed by atoms with Gasteiger partial charge in [0.25, 0.3) is 11.8 Å². The molecule has 0 aliphatic heterocycles. The van der Waals surface area contributed by atoms with Crippen LogP contribution in [-0.2, 0) is 0 Å². The van der Waals surface area contributed by atoms with E-state index in [9.17, 15) is 18.4 Å². The van der Waals surface area contributed by atoms with Gasteiger partial charge >= 0.3 is 0 Å². The Labute approximate surface area is 186 Å². The van der Waals surface area contributed by atoms with Crippen molar-refractivity contribution in [3.63, 3.8) is 0 Å². The van der Waals surface area contributed by atoms with Crippen LogP contribution in [0.5, 0.6) is 0 Å². The van der Waals surface area contributed by atoms with Crippen molar-refractivity contribution in [1.82, 2.24) is 0 Å². The molecule has 0 saturated heterocycles. The molecule has 5 aromatic rings. The SMILES string of the molecule is O=C(Nc1c(C(=O)Nc2ccc(F)c(F)c2)oc2ccccc12)c1ccc2ccccc2c1. The maximum atomic E-state index is 13.5. The van der Waals surface area contributed by atoms with Crippen molar-refractivity contribution in [1.29, 1.82) is 0 Å². The minimum atomic E-state index is -1.10. The Balaban J connectivity index is 1.50. The zero-order chi connectivity index (χ0) is 22.9. The summed E-state index contributed by atoms with van der Waals surface area (Å²) in [6, 6.07) is 22.8. The molecular weight excluding hydrogens is 426 g/mol. The molecule has 2 amide bonds. The van der Waals surface area contributed by atoms with Crippen LogP contribution in [0, 0.1) is 11.6 Å². The third-order valence-corrected chi connectivity index (χ3v) is 5.23. The van der Waals surface area contributed by atoms with E-state index >= 15 is 0 Å². The Morgan fingerprint density at radius 1 is 0.697 bits per heavy atom. The number of anilines is 2. The highest BCUT2D eigenvalue weighted by atomic mass is 19.2. The molecule has 2 N–H and O–H groups in total. The van der Waals surface area contributed by atoms with Gasteiger partial charge in [-0.15, -0.1) is 0 Å². The maximum Gasteiger partial charge on any atom is 0.293 e. The van der Waals surface area contributed by atoms with Gasteiger partial charge in [0.1, 0.15) is 11.3 Å². The lowest BCUT2D eigenvalue weighted by Crippen LogP contribution is -2.17. The molecule has 0 atom stereocenters. The molecule has 33 heavy (non-hydrogen) atoms. The minimum absolute atomic E-state index is 0.0474. The van der Waals surface area contributed by atoms with Crippen molar-refractivity contribution in [2.24, 2.45) is 0 Å². The van der Waals surface area contributed by atoms with Crippen LogP contribution in [0.25, 0.3) is 21.7 Å². The molecule has 0 fully saturated rings. The van der Waals surface area contributed by atoms with E-state index in [0.717, 1.165) is 22.9 Å². The van der Waals surface area contributed by atoms with Gasteiger partial charge in [0.15, 0.2) is 11.6 Å². The number of carbonyl (C=O) groups is 2. The van der Waals surface area contributed by atoms with Gasteiger partial charge in [0.05, 0.1) is 0 Å². The number of halogens is 2. The fraction of sp³-hybridized carbons (Fsp3) is 0. The van der Waals surface area contributed by atoms with Gasteiger partial charge in [0.2, 0.25) is 5.76 Å². The average molecular weight is 442 g/mol. The molecule has 5 nitrogen and oxygen atoms in total. The van der Waals surface area contributed by atoms with Crippen LogP contribution >= 0.6 is 0 Å². The number of amides is 2. The monoisotopic (exact) mass is 442 g/mol. The molecule has 1 aromatic heterocycles. The number of hydrogen-bond acceptors (Lipinski definition) is 3. The highest BCUT2D eigenvalue weighted by Crippen LogP contribution is 2.32. The number of benzene rings is 4. The lowest BCUT2D eigenvalue weighted by Gasteiger charge is -2.08. The van der Waals surface area contributed by atoms with E-state index in [-0.39, 0.29) is 17.1 Å². The van der Waals surface area contributed by atoms with Crippen molar-refractivity contribution < 1.29 is 22.8 Å². The van der Waals surface area contributed by atoms with E-state index in [0.29, 0.717) is 16.5 Å². The first-order chi connectivity index (χ1) is 16.0. The summed E-state index contributed by atoms with van der Waals surface area (Å²) in [5.74, 6) is -3.42. The van der Waals surface area contributed by atoms with Crippen LogP contribution in [-0.4, -0.2) is 11.8 Å². The number of fused-ring (bicyclic) bond motifs is 2. The van der Waals surface area contributed by atoms with Gasteiger partial charge < -0.3 is 15.1 Å². The van der Waals surface area contributed by atoms with Gasteiger partial charge in [-0.2, -0.15) is 0 Å². The van der Waals surface area contributed by atoms with Gasteiger partial charge in [-0.3, -0.25) is 9.59 Å². The molecule has 0 unspecified atom stereocenters. The third kappa shape index (κ3) is 3.92. The number of para-hydroxylation sites is 1. The zero-order valence-electron chi connectivity index (χ0n) is 17.1. The molecule has 0 aliphatic carbocycles. The molecule has 0 radical (unpaired) electrons. The van der Waals surface area contributed by atoms with Gasteiger partial charge in [-0.05, 0) is 47.2 Å². The van der Waals surface area contributed by atoms with E-state index in [2.05, 4.69) is 10.6 Å². The van der Waals surface area contributed by atoms with E-state index in [4.69, 9.17) is 4.42 Å². The van der Waals surface area contributed by atoms with Crippen LogP contribution in [0.1, 0.15) is 20.9 Å². The van der Waals surface area contributed by atoms with E-state index < -0.39 is 23.4 Å². The molecule has 0 saturated carbocycles. The van der Waals surface area contributed by atoms with Crippen molar-refractivity contribution in [2.45, 2.75) is 0 Å². The third-order valence-electron chi connectivity index (χ3n) is 5.23. The average Bonchev–Trinajstić information content (AvgIpc) is 3.19. The highest BCUT2D eigenvalue weighted by molar-refractivity contribution is 6.17. The Hall–Kier alpha value is -4.52. The molecule has 162 valence electrons. The van der Waals surface area contributed by atoms with Crippen molar-refractivity contribution >= 4 is 44.9 Å². The fourth-order valence-electron chi connectivity index (χ4n) is 3.61. The number of hydrogen-bond donors (Lipinski definition) is 2. The summed E-state index contributed by atoms with van der Waals surface area (Å²) in [5, 5.41) is 7.67. The smallest absolute Gasteiger partial charge is 0.293 e. The number of carbonyl (C=O) groups excluding carboxylic acids is 2. The standard InChI is InChI=1S/C26H16F2N2O3/c27-20-12-11-18(14-21(20)28)29-26(32)24-23(19-7-3-4-8-22(19)33-24)30-25(31)17-10-9-15-5-1-2-6-16(15)13-17/h1-14H,(H,29,32)(H,30,31). The maximum absolute atomic E-state index is 13.5. The largest absolute Gasteiger partial charge is 0.449 e. The van der Waals surface area contributed by atoms with E-state index in [1.807, 2.05) is 30.3 Å². The summed E-state index contributed by atoms with van der Waals surface area (Å²) in [6.45, 7) is 0. The molecule has 7 heteroatoms. The second-order valence-electron chi connectivity index (χ2n) is 7.40. The summed E-state index contributed by atoms with van der Waals surface area (Å²) in [4.78, 5) is 26.0. The predicted molar refractivity (Wildman–Crippen MR) is 122 cm³/mol. The summed E-state index contributed by atoms with van der Waals surface area (Å²) in [5.41, 5.74) is 1.03. The van der Waals surface area contributed by atoms with Gasteiger partial charge in [0, 0.05) is 22.7 Å². The summed E-state index contributed by atoms with van der Waals surface area (Å²) >= 11 is 0. The molecule has 5 rings (SSSR count). The Kier molecular flexibility index (Phi) is 5.06. The number of nitrogens with one attached hydrogen (secondary N) is 2. The summed E-state index contributed by atoms with van der Waals surface area (Å²) in [6.07, 6.45) is 0. The molecule has 0 aliphatic rings. The van der Waals surface area contributed by atoms with E-state index in [1.165, 1.54) is 6.07 Å². The Bertz CT molecular complexity index is 1540. The summed E-state index contributed by atoms with van der Waals surface area (Å²) < 4.78 is 32.5. The summed E-state index contributed by atoms with van der Waals surface area (Å²) in [7, 11) is 0. The van der Waals surface area contributed by atoms with Gasteiger partial charge in [-0.25, -0.2) is 8.78 Å². The zero-order valence-corrected chi connectivity index (χ0v) is 17.1. The molecule has 0 bridgehead atoms. The van der Waals surface area contributed by atoms with Crippen molar-refractivity contribution in [3.8, 4) is 0 Å². The second kappa shape index (κ2) is 8.20. The normalized spacial score (nSPS) is 11.0. The quantitative estimate of drug-likeness (QED) is 0.340. The Morgan fingerprint density at radius 3 is 2.27 bits per heavy atom. The first-order valence-corrected chi connectivity index (χ1v) is 10.1. The molecule has 1 heterocycles. The number of furan rings is 1. The van der Waals surface area contributed by atoms with Crippen LogP contribution in [0.3, 0.4) is 0 Å². The second-order valence-corrected chi connectivity index (χ2v) is 7.40. The van der Waals surface area contributed by atoms with Crippen molar-refractivity contribution in [2.75, 3.05) is 10.6 Å². The van der Waals surface area contributed by atoms with Crippen LogP contribution in [0.2, 0.25) is 0 Å². The molecule has 0 spiro atoms. The topological polar surface area (TPSA) is 71.3 Å².